The van der Waals surface area contributed by atoms with E-state index in [9.17, 15) is 13.2 Å². The lowest BCUT2D eigenvalue weighted by Gasteiger charge is -2.10. The van der Waals surface area contributed by atoms with Gasteiger partial charge in [-0.25, -0.2) is 13.1 Å². The number of ether oxygens (including phenoxy) is 1. The zero-order valence-corrected chi connectivity index (χ0v) is 16.0. The van der Waals surface area contributed by atoms with Crippen LogP contribution in [-0.4, -0.2) is 28.0 Å². The van der Waals surface area contributed by atoms with E-state index in [0.717, 1.165) is 16.9 Å². The maximum atomic E-state index is 12.4. The Morgan fingerprint density at radius 3 is 2.62 bits per heavy atom. The number of nitrogens with one attached hydrogen (secondary N) is 2. The lowest BCUT2D eigenvalue weighted by atomic mass is 10.2. The fourth-order valence-corrected chi connectivity index (χ4v) is 3.80. The standard InChI is InChI=1S/C19H24N2O4S/c1-14-7-8-15(2)18(11-14)26(23,24)21-10-9-19(22)20-13-16-5-4-6-17(12-16)25-3/h4-8,11-12,21H,9-10,13H2,1-3H3,(H,20,22). The molecule has 0 atom stereocenters. The fraction of sp³-hybridized carbons (Fsp3) is 0.316. The van der Waals surface area contributed by atoms with Gasteiger partial charge in [-0.3, -0.25) is 4.79 Å². The van der Waals surface area contributed by atoms with E-state index in [1.54, 1.807) is 26.2 Å². The monoisotopic (exact) mass is 376 g/mol. The summed E-state index contributed by atoms with van der Waals surface area (Å²) in [5.41, 5.74) is 2.45. The third kappa shape index (κ3) is 5.57. The molecule has 7 heteroatoms. The van der Waals surface area contributed by atoms with Crippen LogP contribution in [-0.2, 0) is 21.4 Å². The van der Waals surface area contributed by atoms with E-state index in [4.69, 9.17) is 4.74 Å². The number of benzene rings is 2. The second kappa shape index (κ2) is 8.82. The summed E-state index contributed by atoms with van der Waals surface area (Å²) >= 11 is 0. The highest BCUT2D eigenvalue weighted by Gasteiger charge is 2.16. The van der Waals surface area contributed by atoms with Gasteiger partial charge in [-0.05, 0) is 48.7 Å². The Bertz CT molecular complexity index is 879. The molecule has 0 saturated carbocycles. The molecule has 2 rings (SSSR count). The van der Waals surface area contributed by atoms with Gasteiger partial charge in [0.25, 0.3) is 0 Å². The van der Waals surface area contributed by atoms with E-state index in [0.29, 0.717) is 12.1 Å². The van der Waals surface area contributed by atoms with Crippen LogP contribution in [0.4, 0.5) is 0 Å². The Labute approximate surface area is 154 Å². The number of amides is 1. The van der Waals surface area contributed by atoms with Crippen molar-refractivity contribution in [1.82, 2.24) is 10.0 Å². The molecule has 0 bridgehead atoms. The van der Waals surface area contributed by atoms with Crippen molar-refractivity contribution >= 4 is 15.9 Å². The number of hydrogen-bond donors (Lipinski definition) is 2. The lowest BCUT2D eigenvalue weighted by Crippen LogP contribution is -2.31. The zero-order valence-electron chi connectivity index (χ0n) is 15.2. The summed E-state index contributed by atoms with van der Waals surface area (Å²) in [7, 11) is -2.05. The summed E-state index contributed by atoms with van der Waals surface area (Å²) in [6.07, 6.45) is 0.0636. The molecule has 0 radical (unpaired) electrons. The van der Waals surface area contributed by atoms with Crippen molar-refractivity contribution in [2.45, 2.75) is 31.7 Å². The van der Waals surface area contributed by atoms with E-state index in [2.05, 4.69) is 10.0 Å². The predicted octanol–water partition coefficient (Wildman–Crippen LogP) is 2.30. The Kier molecular flexibility index (Phi) is 6.76. The first-order valence-electron chi connectivity index (χ1n) is 8.28. The van der Waals surface area contributed by atoms with Gasteiger partial charge in [-0.1, -0.05) is 24.3 Å². The van der Waals surface area contributed by atoms with Crippen molar-refractivity contribution in [3.05, 3.63) is 59.2 Å². The largest absolute Gasteiger partial charge is 0.497 e. The topological polar surface area (TPSA) is 84.5 Å². The Morgan fingerprint density at radius 1 is 1.12 bits per heavy atom. The molecule has 0 aliphatic rings. The van der Waals surface area contributed by atoms with Gasteiger partial charge in [0.15, 0.2) is 0 Å². The maximum Gasteiger partial charge on any atom is 0.240 e. The van der Waals surface area contributed by atoms with Crippen molar-refractivity contribution < 1.29 is 17.9 Å². The van der Waals surface area contributed by atoms with E-state index >= 15 is 0 Å². The minimum atomic E-state index is -3.63. The van der Waals surface area contributed by atoms with Gasteiger partial charge in [0.1, 0.15) is 5.75 Å². The molecule has 26 heavy (non-hydrogen) atoms. The first-order valence-corrected chi connectivity index (χ1v) is 9.76. The first kappa shape index (κ1) is 19.9. The van der Waals surface area contributed by atoms with Crippen LogP contribution in [0.2, 0.25) is 0 Å². The molecule has 2 N–H and O–H groups in total. The second-order valence-corrected chi connectivity index (χ2v) is 7.78. The molecule has 0 aliphatic carbocycles. The van der Waals surface area contributed by atoms with Crippen LogP contribution in [0.5, 0.6) is 5.75 Å². The normalized spacial score (nSPS) is 11.2. The number of hydrogen-bond acceptors (Lipinski definition) is 4. The summed E-state index contributed by atoms with van der Waals surface area (Å²) in [6.45, 7) is 3.98. The van der Waals surface area contributed by atoms with Gasteiger partial charge in [0, 0.05) is 19.5 Å². The van der Waals surface area contributed by atoms with Crippen LogP contribution in [0, 0.1) is 13.8 Å². The summed E-state index contributed by atoms with van der Waals surface area (Å²) in [4.78, 5) is 12.2. The smallest absolute Gasteiger partial charge is 0.240 e. The number of sulfonamides is 1. The van der Waals surface area contributed by atoms with Crippen molar-refractivity contribution in [1.29, 1.82) is 0 Å². The Morgan fingerprint density at radius 2 is 1.88 bits per heavy atom. The average Bonchev–Trinajstić information content (AvgIpc) is 2.62. The van der Waals surface area contributed by atoms with Crippen molar-refractivity contribution in [3.8, 4) is 5.75 Å². The van der Waals surface area contributed by atoms with E-state index in [1.807, 2.05) is 37.3 Å². The van der Waals surface area contributed by atoms with Gasteiger partial charge < -0.3 is 10.1 Å². The molecule has 0 aromatic heterocycles. The van der Waals surface area contributed by atoms with E-state index < -0.39 is 10.0 Å². The molecule has 0 aliphatic heterocycles. The van der Waals surface area contributed by atoms with Crippen molar-refractivity contribution in [2.75, 3.05) is 13.7 Å². The van der Waals surface area contributed by atoms with Crippen LogP contribution in [0.25, 0.3) is 0 Å². The Balaban J connectivity index is 1.84. The average molecular weight is 376 g/mol. The van der Waals surface area contributed by atoms with Crippen LogP contribution < -0.4 is 14.8 Å². The SMILES string of the molecule is COc1cccc(CNC(=O)CCNS(=O)(=O)c2cc(C)ccc2C)c1. The minimum absolute atomic E-state index is 0.0413. The molecule has 0 saturated heterocycles. The van der Waals surface area contributed by atoms with Gasteiger partial charge in [0.2, 0.25) is 15.9 Å². The quantitative estimate of drug-likeness (QED) is 0.740. The van der Waals surface area contributed by atoms with Crippen LogP contribution in [0.15, 0.2) is 47.4 Å². The predicted molar refractivity (Wildman–Crippen MR) is 101 cm³/mol. The number of rotatable bonds is 8. The molecule has 0 spiro atoms. The molecule has 0 fully saturated rings. The number of aryl methyl sites for hydroxylation is 2. The number of carbonyl (C=O) groups excluding carboxylic acids is 1. The zero-order chi connectivity index (χ0) is 19.2. The van der Waals surface area contributed by atoms with Crippen molar-refractivity contribution in [2.24, 2.45) is 0 Å². The van der Waals surface area contributed by atoms with Crippen LogP contribution in [0.1, 0.15) is 23.1 Å². The van der Waals surface area contributed by atoms with Crippen LogP contribution in [0.3, 0.4) is 0 Å². The molecule has 0 heterocycles. The van der Waals surface area contributed by atoms with Gasteiger partial charge in [0.05, 0.1) is 12.0 Å². The second-order valence-electron chi connectivity index (χ2n) is 6.04. The van der Waals surface area contributed by atoms with Gasteiger partial charge >= 0.3 is 0 Å². The number of carbonyl (C=O) groups is 1. The van der Waals surface area contributed by atoms with Crippen LogP contribution >= 0.6 is 0 Å². The van der Waals surface area contributed by atoms with Gasteiger partial charge in [-0.2, -0.15) is 0 Å². The first-order chi connectivity index (χ1) is 12.3. The number of methoxy groups -OCH3 is 1. The third-order valence-electron chi connectivity index (χ3n) is 3.90. The third-order valence-corrected chi connectivity index (χ3v) is 5.50. The molecule has 140 valence electrons. The molecule has 1 amide bonds. The lowest BCUT2D eigenvalue weighted by molar-refractivity contribution is -0.121. The summed E-state index contributed by atoms with van der Waals surface area (Å²) < 4.78 is 32.4. The highest BCUT2D eigenvalue weighted by molar-refractivity contribution is 7.89. The molecular formula is C19H24N2O4S. The van der Waals surface area contributed by atoms with E-state index in [-0.39, 0.29) is 23.8 Å². The molecule has 0 unspecified atom stereocenters. The molecule has 2 aromatic carbocycles. The molecular weight excluding hydrogens is 352 g/mol. The summed E-state index contributed by atoms with van der Waals surface area (Å²) in [5.74, 6) is 0.495. The maximum absolute atomic E-state index is 12.4. The van der Waals surface area contributed by atoms with E-state index in [1.165, 1.54) is 0 Å². The Hall–Kier alpha value is -2.38. The summed E-state index contributed by atoms with van der Waals surface area (Å²) in [6, 6.07) is 12.6. The molecule has 2 aromatic rings. The van der Waals surface area contributed by atoms with Crippen molar-refractivity contribution in [3.63, 3.8) is 0 Å². The minimum Gasteiger partial charge on any atom is -0.497 e. The molecule has 6 nitrogen and oxygen atoms in total. The van der Waals surface area contributed by atoms with Gasteiger partial charge in [-0.15, -0.1) is 0 Å². The highest BCUT2D eigenvalue weighted by atomic mass is 32.2. The summed E-state index contributed by atoms with van der Waals surface area (Å²) in [5, 5.41) is 2.77. The highest BCUT2D eigenvalue weighted by Crippen LogP contribution is 2.16. The fourth-order valence-electron chi connectivity index (χ4n) is 2.44.